The Kier molecular flexibility index (Phi) is 6.79. The van der Waals surface area contributed by atoms with Crippen LogP contribution in [0.25, 0.3) is 0 Å². The molecule has 5 aliphatic rings. The van der Waals surface area contributed by atoms with Crippen LogP contribution in [0.5, 0.6) is 0 Å². The van der Waals surface area contributed by atoms with E-state index in [4.69, 9.17) is 23.7 Å². The van der Waals surface area contributed by atoms with Gasteiger partial charge in [0.2, 0.25) is 0 Å². The molecule has 0 spiro atoms. The van der Waals surface area contributed by atoms with Gasteiger partial charge in [-0.2, -0.15) is 0 Å². The van der Waals surface area contributed by atoms with Gasteiger partial charge in [0, 0.05) is 30.6 Å². The number of benzene rings is 1. The molecule has 228 valence electrons. The molecule has 10 heteroatoms. The van der Waals surface area contributed by atoms with E-state index >= 15 is 4.39 Å². The van der Waals surface area contributed by atoms with Crippen LogP contribution < -0.4 is 0 Å². The average molecular weight is 587 g/mol. The number of hydrogen-bond donors (Lipinski definition) is 2. The highest BCUT2D eigenvalue weighted by atomic mass is 19.1. The lowest BCUT2D eigenvalue weighted by Gasteiger charge is -2.68. The monoisotopic (exact) mass is 586 g/mol. The molecule has 2 aliphatic heterocycles. The summed E-state index contributed by atoms with van der Waals surface area (Å²) in [5, 5.41) is 24.4. The summed E-state index contributed by atoms with van der Waals surface area (Å²) in [5.74, 6) is -2.51. The Morgan fingerprint density at radius 3 is 2.45 bits per heavy atom. The molecule has 42 heavy (non-hydrogen) atoms. The first-order chi connectivity index (χ1) is 19.7. The maximum absolute atomic E-state index is 16.9. The Balaban J connectivity index is 1.65. The van der Waals surface area contributed by atoms with Crippen LogP contribution in [0.4, 0.5) is 4.39 Å². The van der Waals surface area contributed by atoms with Crippen molar-refractivity contribution in [1.82, 2.24) is 0 Å². The van der Waals surface area contributed by atoms with Gasteiger partial charge in [0.25, 0.3) is 0 Å². The number of alkyl halides is 1. The Hall–Kier alpha value is -2.63. The first-order valence-corrected chi connectivity index (χ1v) is 14.5. The maximum atomic E-state index is 16.9. The zero-order valence-electron chi connectivity index (χ0n) is 24.5. The van der Waals surface area contributed by atoms with Crippen LogP contribution in [0.2, 0.25) is 0 Å². The summed E-state index contributed by atoms with van der Waals surface area (Å²) in [4.78, 5) is 26.4. The van der Waals surface area contributed by atoms with E-state index in [9.17, 15) is 19.8 Å². The Morgan fingerprint density at radius 2 is 1.86 bits per heavy atom. The predicted molar refractivity (Wildman–Crippen MR) is 147 cm³/mol. The van der Waals surface area contributed by atoms with Crippen molar-refractivity contribution in [2.75, 3.05) is 6.61 Å². The summed E-state index contributed by atoms with van der Waals surface area (Å²) in [6.45, 7) is 12.0. The second-order valence-corrected chi connectivity index (χ2v) is 13.2. The molecule has 0 unspecified atom stereocenters. The van der Waals surface area contributed by atoms with Gasteiger partial charge in [0.15, 0.2) is 11.9 Å². The normalized spacial score (nSPS) is 45.2. The van der Waals surface area contributed by atoms with Crippen LogP contribution in [0.3, 0.4) is 0 Å². The maximum Gasteiger partial charge on any atom is 0.338 e. The number of fused-ring (bicyclic) bond motifs is 8. The lowest BCUT2D eigenvalue weighted by Crippen LogP contribution is -2.81. The molecule has 1 aromatic rings. The van der Waals surface area contributed by atoms with Gasteiger partial charge >= 0.3 is 11.9 Å². The van der Waals surface area contributed by atoms with Gasteiger partial charge in [-0.3, -0.25) is 4.79 Å². The SMILES string of the molecule is C=C[C@@H]1O[C@@H]2C3=C(C)[C@@H](O)C[C@@](O)([C@@H](OC(=O)c4ccccc4)[C@@H]4[C@]5(OC(C)=O)CO[C@@H]5C[C@@H](F)[C@@]4(C)[C@@H]2O1)C3(C)C. The summed E-state index contributed by atoms with van der Waals surface area (Å²) in [5.41, 5.74) is -4.74. The second kappa shape index (κ2) is 9.69. The van der Waals surface area contributed by atoms with Crippen molar-refractivity contribution in [3.8, 4) is 0 Å². The molecule has 2 saturated heterocycles. The number of rotatable bonds is 4. The molecular formula is C32H39FO9. The van der Waals surface area contributed by atoms with Gasteiger partial charge in [-0.05, 0) is 36.3 Å². The van der Waals surface area contributed by atoms with Crippen LogP contribution in [0.1, 0.15) is 57.8 Å². The molecule has 9 nitrogen and oxygen atoms in total. The van der Waals surface area contributed by atoms with Crippen LogP contribution in [-0.4, -0.2) is 82.9 Å². The highest BCUT2D eigenvalue weighted by Gasteiger charge is 2.79. The van der Waals surface area contributed by atoms with Crippen LogP contribution >= 0.6 is 0 Å². The average Bonchev–Trinajstić information content (AvgIpc) is 3.36. The Labute approximate surface area is 244 Å². The fourth-order valence-corrected chi connectivity index (χ4v) is 8.58. The third-order valence-corrected chi connectivity index (χ3v) is 10.8. The van der Waals surface area contributed by atoms with E-state index < -0.39 is 82.9 Å². The van der Waals surface area contributed by atoms with Crippen molar-refractivity contribution in [2.24, 2.45) is 16.7 Å². The first kappa shape index (κ1) is 29.4. The second-order valence-electron chi connectivity index (χ2n) is 13.2. The molecule has 1 aromatic carbocycles. The van der Waals surface area contributed by atoms with Crippen molar-refractivity contribution < 1.29 is 47.9 Å². The minimum absolute atomic E-state index is 0.0898. The molecule has 2 saturated carbocycles. The number of halogens is 1. The number of carbonyl (C=O) groups excluding carboxylic acids is 2. The van der Waals surface area contributed by atoms with Crippen molar-refractivity contribution in [3.63, 3.8) is 0 Å². The Morgan fingerprint density at radius 1 is 1.17 bits per heavy atom. The third-order valence-electron chi connectivity index (χ3n) is 10.8. The van der Waals surface area contributed by atoms with Crippen LogP contribution in [0.15, 0.2) is 54.1 Å². The molecule has 2 heterocycles. The molecular weight excluding hydrogens is 547 g/mol. The number of esters is 2. The molecule has 2 N–H and O–H groups in total. The van der Waals surface area contributed by atoms with E-state index in [1.165, 1.54) is 13.0 Å². The lowest BCUT2D eigenvalue weighted by molar-refractivity contribution is -0.356. The van der Waals surface area contributed by atoms with Gasteiger partial charge in [0.1, 0.15) is 30.1 Å². The summed E-state index contributed by atoms with van der Waals surface area (Å²) >= 11 is 0. The largest absolute Gasteiger partial charge is 0.455 e. The molecule has 2 bridgehead atoms. The van der Waals surface area contributed by atoms with Gasteiger partial charge in [-0.1, -0.05) is 45.5 Å². The first-order valence-electron chi connectivity index (χ1n) is 14.5. The number of carbonyl (C=O) groups is 2. The molecule has 6 rings (SSSR count). The predicted octanol–water partition coefficient (Wildman–Crippen LogP) is 3.43. The smallest absolute Gasteiger partial charge is 0.338 e. The number of aliphatic hydroxyl groups is 2. The van der Waals surface area contributed by atoms with Crippen molar-refractivity contribution in [1.29, 1.82) is 0 Å². The molecule has 0 amide bonds. The summed E-state index contributed by atoms with van der Waals surface area (Å²) < 4.78 is 47.8. The fraction of sp³-hybridized carbons (Fsp3) is 0.625. The highest BCUT2D eigenvalue weighted by Crippen LogP contribution is 2.67. The van der Waals surface area contributed by atoms with E-state index in [1.54, 1.807) is 58.0 Å². The van der Waals surface area contributed by atoms with E-state index in [-0.39, 0.29) is 25.0 Å². The topological polar surface area (TPSA) is 121 Å². The van der Waals surface area contributed by atoms with Crippen LogP contribution in [0, 0.1) is 16.7 Å². The third kappa shape index (κ3) is 3.78. The van der Waals surface area contributed by atoms with E-state index in [2.05, 4.69) is 6.58 Å². The lowest BCUT2D eigenvalue weighted by atomic mass is 9.44. The molecule has 4 fully saturated rings. The minimum atomic E-state index is -1.96. The van der Waals surface area contributed by atoms with E-state index in [0.717, 1.165) is 0 Å². The minimum Gasteiger partial charge on any atom is -0.455 e. The number of hydrogen-bond acceptors (Lipinski definition) is 9. The standard InChI is InChI=1S/C32H39FO9/c1-7-22-39-24-23-16(2)19(35)14-32(37,29(23,4)5)27(41-28(36)18-11-9-8-10-12-18)25-30(6,26(24)40-22)20(33)13-21-31(25,15-38-21)42-17(3)34/h7-12,19-22,24-27,35,37H,1,13-15H2,2-6H3/t19-,20+,21+,22+,24+,25-,26+,27-,30+,31-,32+/m0/s1. The molecule has 3 aliphatic carbocycles. The van der Waals surface area contributed by atoms with Gasteiger partial charge in [0.05, 0.1) is 30.3 Å². The van der Waals surface area contributed by atoms with Crippen molar-refractivity contribution in [2.45, 2.75) is 102 Å². The van der Waals surface area contributed by atoms with E-state index in [1.807, 2.05) is 0 Å². The quantitative estimate of drug-likeness (QED) is 0.404. The van der Waals surface area contributed by atoms with Gasteiger partial charge in [-0.25, -0.2) is 9.18 Å². The van der Waals surface area contributed by atoms with Gasteiger partial charge in [-0.15, -0.1) is 0 Å². The summed E-state index contributed by atoms with van der Waals surface area (Å²) in [6, 6.07) is 8.29. The molecule has 0 radical (unpaired) electrons. The molecule has 11 atom stereocenters. The molecule has 0 aromatic heterocycles. The van der Waals surface area contributed by atoms with Crippen molar-refractivity contribution >= 4 is 11.9 Å². The van der Waals surface area contributed by atoms with Crippen molar-refractivity contribution in [3.05, 3.63) is 59.7 Å². The van der Waals surface area contributed by atoms with Gasteiger partial charge < -0.3 is 33.9 Å². The number of aliphatic hydroxyl groups excluding tert-OH is 1. The number of ether oxygens (including phenoxy) is 5. The highest BCUT2D eigenvalue weighted by molar-refractivity contribution is 5.89. The summed E-state index contributed by atoms with van der Waals surface area (Å²) in [7, 11) is 0. The fourth-order valence-electron chi connectivity index (χ4n) is 8.58. The summed E-state index contributed by atoms with van der Waals surface area (Å²) in [6.07, 6.45) is -6.64. The van der Waals surface area contributed by atoms with E-state index in [0.29, 0.717) is 11.1 Å². The zero-order valence-corrected chi connectivity index (χ0v) is 24.5. The Bertz CT molecular complexity index is 1330. The zero-order chi connectivity index (χ0) is 30.4. The van der Waals surface area contributed by atoms with Crippen LogP contribution in [-0.2, 0) is 28.5 Å².